The SMILES string of the molecule is CC(C)NCC1CCC(C(C)C)CC1CC1CCCCC1. The van der Waals surface area contributed by atoms with E-state index in [1.54, 1.807) is 0 Å². The van der Waals surface area contributed by atoms with Crippen LogP contribution in [0.5, 0.6) is 0 Å². The molecule has 0 amide bonds. The van der Waals surface area contributed by atoms with Crippen molar-refractivity contribution >= 4 is 0 Å². The van der Waals surface area contributed by atoms with E-state index in [9.17, 15) is 0 Å². The molecule has 0 aromatic carbocycles. The van der Waals surface area contributed by atoms with Crippen LogP contribution >= 0.6 is 0 Å². The van der Waals surface area contributed by atoms with E-state index < -0.39 is 0 Å². The Balaban J connectivity index is 1.90. The quantitative estimate of drug-likeness (QED) is 0.668. The predicted molar refractivity (Wildman–Crippen MR) is 93.5 cm³/mol. The molecule has 2 aliphatic carbocycles. The van der Waals surface area contributed by atoms with Gasteiger partial charge in [-0.25, -0.2) is 0 Å². The van der Waals surface area contributed by atoms with Gasteiger partial charge in [-0.2, -0.15) is 0 Å². The molecule has 2 aliphatic rings. The van der Waals surface area contributed by atoms with Gasteiger partial charge in [0.1, 0.15) is 0 Å². The Morgan fingerprint density at radius 3 is 2.19 bits per heavy atom. The Kier molecular flexibility index (Phi) is 7.05. The average Bonchev–Trinajstić information content (AvgIpc) is 2.46. The molecule has 2 fully saturated rings. The number of rotatable bonds is 6. The van der Waals surface area contributed by atoms with Crippen LogP contribution in [0.2, 0.25) is 0 Å². The van der Waals surface area contributed by atoms with Crippen LogP contribution in [0, 0.1) is 29.6 Å². The van der Waals surface area contributed by atoms with Gasteiger partial charge in [0.2, 0.25) is 0 Å². The van der Waals surface area contributed by atoms with Gasteiger partial charge in [-0.05, 0) is 61.8 Å². The fourth-order valence-electron chi connectivity index (χ4n) is 4.76. The summed E-state index contributed by atoms with van der Waals surface area (Å²) in [5.74, 6) is 4.88. The summed E-state index contributed by atoms with van der Waals surface area (Å²) in [6.07, 6.45) is 13.5. The highest BCUT2D eigenvalue weighted by atomic mass is 14.9. The highest BCUT2D eigenvalue weighted by molar-refractivity contribution is 4.85. The van der Waals surface area contributed by atoms with Gasteiger partial charge in [0.15, 0.2) is 0 Å². The minimum absolute atomic E-state index is 0.642. The second-order valence-corrected chi connectivity index (χ2v) is 8.64. The highest BCUT2D eigenvalue weighted by Gasteiger charge is 2.33. The maximum atomic E-state index is 3.73. The molecule has 2 rings (SSSR count). The van der Waals surface area contributed by atoms with E-state index in [4.69, 9.17) is 0 Å². The van der Waals surface area contributed by atoms with E-state index in [0.29, 0.717) is 6.04 Å². The number of hydrogen-bond acceptors (Lipinski definition) is 1. The molecule has 3 atom stereocenters. The summed E-state index contributed by atoms with van der Waals surface area (Å²) >= 11 is 0. The fourth-order valence-corrected chi connectivity index (χ4v) is 4.76. The van der Waals surface area contributed by atoms with E-state index in [1.807, 2.05) is 0 Å². The van der Waals surface area contributed by atoms with E-state index in [-0.39, 0.29) is 0 Å². The number of hydrogen-bond donors (Lipinski definition) is 1. The van der Waals surface area contributed by atoms with E-state index in [0.717, 1.165) is 29.6 Å². The molecule has 1 heteroatoms. The molecule has 0 bridgehead atoms. The maximum Gasteiger partial charge on any atom is 0.00104 e. The summed E-state index contributed by atoms with van der Waals surface area (Å²) in [6.45, 7) is 10.7. The molecule has 0 aliphatic heterocycles. The minimum Gasteiger partial charge on any atom is -0.314 e. The first-order valence-electron chi connectivity index (χ1n) is 9.79. The molecular formula is C20H39N. The Bertz CT molecular complexity index is 278. The van der Waals surface area contributed by atoms with Crippen LogP contribution < -0.4 is 5.32 Å². The van der Waals surface area contributed by atoms with Crippen molar-refractivity contribution in [2.75, 3.05) is 6.54 Å². The molecule has 0 saturated heterocycles. The molecular weight excluding hydrogens is 254 g/mol. The van der Waals surface area contributed by atoms with Crippen LogP contribution in [0.15, 0.2) is 0 Å². The van der Waals surface area contributed by atoms with Crippen LogP contribution in [0.1, 0.15) is 85.5 Å². The van der Waals surface area contributed by atoms with E-state index >= 15 is 0 Å². The van der Waals surface area contributed by atoms with Crippen molar-refractivity contribution in [1.82, 2.24) is 5.32 Å². The van der Waals surface area contributed by atoms with Gasteiger partial charge in [0.25, 0.3) is 0 Å². The van der Waals surface area contributed by atoms with E-state index in [1.165, 1.54) is 64.3 Å². The second kappa shape index (κ2) is 8.56. The molecule has 124 valence electrons. The smallest absolute Gasteiger partial charge is 0.00104 e. The molecule has 3 unspecified atom stereocenters. The lowest BCUT2D eigenvalue weighted by Gasteiger charge is -2.40. The van der Waals surface area contributed by atoms with Gasteiger partial charge in [-0.1, -0.05) is 59.8 Å². The molecule has 21 heavy (non-hydrogen) atoms. The third kappa shape index (κ3) is 5.58. The van der Waals surface area contributed by atoms with Crippen molar-refractivity contribution in [1.29, 1.82) is 0 Å². The number of nitrogens with one attached hydrogen (secondary N) is 1. The molecule has 0 spiro atoms. The summed E-state index contributed by atoms with van der Waals surface area (Å²) in [5, 5.41) is 3.73. The lowest BCUT2D eigenvalue weighted by molar-refractivity contribution is 0.113. The van der Waals surface area contributed by atoms with Gasteiger partial charge in [0, 0.05) is 6.04 Å². The zero-order valence-electron chi connectivity index (χ0n) is 15.0. The maximum absolute atomic E-state index is 3.73. The Labute approximate surface area is 133 Å². The monoisotopic (exact) mass is 293 g/mol. The van der Waals surface area contributed by atoms with Crippen LogP contribution in [-0.4, -0.2) is 12.6 Å². The minimum atomic E-state index is 0.642. The second-order valence-electron chi connectivity index (χ2n) is 8.64. The van der Waals surface area contributed by atoms with Gasteiger partial charge in [0.05, 0.1) is 0 Å². The summed E-state index contributed by atoms with van der Waals surface area (Å²) < 4.78 is 0. The van der Waals surface area contributed by atoms with E-state index in [2.05, 4.69) is 33.0 Å². The lowest BCUT2D eigenvalue weighted by atomic mass is 9.67. The predicted octanol–water partition coefficient (Wildman–Crippen LogP) is 5.64. The third-order valence-corrected chi connectivity index (χ3v) is 6.27. The first-order valence-corrected chi connectivity index (χ1v) is 9.79. The molecule has 0 radical (unpaired) electrons. The van der Waals surface area contributed by atoms with Crippen molar-refractivity contribution in [3.05, 3.63) is 0 Å². The average molecular weight is 294 g/mol. The highest BCUT2D eigenvalue weighted by Crippen LogP contribution is 2.42. The van der Waals surface area contributed by atoms with Crippen LogP contribution in [0.4, 0.5) is 0 Å². The molecule has 0 heterocycles. The zero-order valence-corrected chi connectivity index (χ0v) is 15.0. The van der Waals surface area contributed by atoms with Crippen molar-refractivity contribution < 1.29 is 0 Å². The standard InChI is InChI=1S/C20H39N/c1-15(2)18-10-11-19(14-21-16(3)4)20(13-18)12-17-8-6-5-7-9-17/h15-21H,5-14H2,1-4H3. The van der Waals surface area contributed by atoms with Crippen molar-refractivity contribution in [3.8, 4) is 0 Å². The van der Waals surface area contributed by atoms with Crippen LogP contribution in [0.3, 0.4) is 0 Å². The third-order valence-electron chi connectivity index (χ3n) is 6.27. The van der Waals surface area contributed by atoms with Crippen LogP contribution in [-0.2, 0) is 0 Å². The normalized spacial score (nSPS) is 32.0. The summed E-state index contributed by atoms with van der Waals surface area (Å²) in [4.78, 5) is 0. The van der Waals surface area contributed by atoms with Crippen molar-refractivity contribution in [3.63, 3.8) is 0 Å². The first-order chi connectivity index (χ1) is 10.1. The summed E-state index contributed by atoms with van der Waals surface area (Å²) in [5.41, 5.74) is 0. The van der Waals surface area contributed by atoms with Crippen molar-refractivity contribution in [2.24, 2.45) is 29.6 Å². The fraction of sp³-hybridized carbons (Fsp3) is 1.00. The van der Waals surface area contributed by atoms with Gasteiger partial charge >= 0.3 is 0 Å². The molecule has 1 N–H and O–H groups in total. The van der Waals surface area contributed by atoms with Gasteiger partial charge in [-0.15, -0.1) is 0 Å². The topological polar surface area (TPSA) is 12.0 Å². The zero-order chi connectivity index (χ0) is 15.2. The van der Waals surface area contributed by atoms with Gasteiger partial charge < -0.3 is 5.32 Å². The Hall–Kier alpha value is -0.0400. The van der Waals surface area contributed by atoms with Crippen LogP contribution in [0.25, 0.3) is 0 Å². The molecule has 0 aromatic rings. The molecule has 2 saturated carbocycles. The summed E-state index contributed by atoms with van der Waals surface area (Å²) in [7, 11) is 0. The molecule has 0 aromatic heterocycles. The first kappa shape index (κ1) is 17.3. The lowest BCUT2D eigenvalue weighted by Crippen LogP contribution is -2.37. The Morgan fingerprint density at radius 2 is 1.57 bits per heavy atom. The largest absolute Gasteiger partial charge is 0.314 e. The Morgan fingerprint density at radius 1 is 0.857 bits per heavy atom. The molecule has 1 nitrogen and oxygen atoms in total. The van der Waals surface area contributed by atoms with Crippen molar-refractivity contribution in [2.45, 2.75) is 91.5 Å². The van der Waals surface area contributed by atoms with Gasteiger partial charge in [-0.3, -0.25) is 0 Å². The summed E-state index contributed by atoms with van der Waals surface area (Å²) in [6, 6.07) is 0.642.